The third-order valence-electron chi connectivity index (χ3n) is 3.54. The molecule has 0 radical (unpaired) electrons. The van der Waals surface area contributed by atoms with Crippen LogP contribution in [0.15, 0.2) is 42.6 Å². The lowest BCUT2D eigenvalue weighted by Crippen LogP contribution is -2.26. The summed E-state index contributed by atoms with van der Waals surface area (Å²) in [6, 6.07) is 11.1. The van der Waals surface area contributed by atoms with Crippen LogP contribution in [0.25, 0.3) is 22.0 Å². The molecular weight excluding hydrogens is 304 g/mol. The van der Waals surface area contributed by atoms with Gasteiger partial charge in [-0.2, -0.15) is 0 Å². The Bertz CT molecular complexity index is 922. The Kier molecular flexibility index (Phi) is 3.67. The molecule has 2 aromatic heterocycles. The van der Waals surface area contributed by atoms with Gasteiger partial charge in [-0.15, -0.1) is 0 Å². The number of aromatic nitrogens is 2. The van der Waals surface area contributed by atoms with Crippen molar-refractivity contribution >= 4 is 28.6 Å². The van der Waals surface area contributed by atoms with Gasteiger partial charge in [0.15, 0.2) is 0 Å². The molecule has 0 spiro atoms. The third kappa shape index (κ3) is 2.90. The molecule has 0 atom stereocenters. The van der Waals surface area contributed by atoms with Crippen LogP contribution in [-0.4, -0.2) is 21.2 Å². The van der Waals surface area contributed by atoms with Crippen molar-refractivity contribution in [1.82, 2.24) is 9.55 Å². The van der Waals surface area contributed by atoms with E-state index in [2.05, 4.69) is 4.98 Å². The minimum absolute atomic E-state index is 0.321. The molecule has 1 aromatic carbocycles. The normalized spacial score (nSPS) is 11.6. The van der Waals surface area contributed by atoms with Crippen LogP contribution >= 0.6 is 0 Å². The zero-order chi connectivity index (χ0) is 17.5. The van der Waals surface area contributed by atoms with E-state index in [-0.39, 0.29) is 0 Å². The van der Waals surface area contributed by atoms with Gasteiger partial charge in [0, 0.05) is 22.7 Å². The van der Waals surface area contributed by atoms with E-state index >= 15 is 0 Å². The summed E-state index contributed by atoms with van der Waals surface area (Å²) in [7, 11) is 0. The fourth-order valence-electron chi connectivity index (χ4n) is 2.57. The van der Waals surface area contributed by atoms with E-state index in [1.807, 2.05) is 45.0 Å². The zero-order valence-electron chi connectivity index (χ0n) is 13.9. The number of benzene rings is 1. The Morgan fingerprint density at radius 3 is 2.46 bits per heavy atom. The Balaban J connectivity index is 2.18. The van der Waals surface area contributed by atoms with Gasteiger partial charge in [0.1, 0.15) is 17.2 Å². The van der Waals surface area contributed by atoms with Gasteiger partial charge in [-0.25, -0.2) is 9.78 Å². The van der Waals surface area contributed by atoms with E-state index in [9.17, 15) is 4.79 Å². The van der Waals surface area contributed by atoms with E-state index < -0.39 is 11.7 Å². The molecule has 0 bridgehead atoms. The van der Waals surface area contributed by atoms with E-state index in [1.54, 1.807) is 18.3 Å². The summed E-state index contributed by atoms with van der Waals surface area (Å²) in [6.45, 7) is 5.50. The molecule has 0 saturated heterocycles. The molecule has 124 valence electrons. The van der Waals surface area contributed by atoms with Crippen molar-refractivity contribution in [2.24, 2.45) is 0 Å². The predicted octanol–water partition coefficient (Wildman–Crippen LogP) is 3.65. The van der Waals surface area contributed by atoms with Crippen LogP contribution < -0.4 is 11.5 Å². The smallest absolute Gasteiger partial charge is 0.419 e. The fourth-order valence-corrected chi connectivity index (χ4v) is 2.57. The maximum absolute atomic E-state index is 12.5. The molecule has 6 heteroatoms. The van der Waals surface area contributed by atoms with Gasteiger partial charge >= 0.3 is 6.09 Å². The topological polar surface area (TPSA) is 96.2 Å². The highest BCUT2D eigenvalue weighted by atomic mass is 16.6. The average Bonchev–Trinajstić information content (AvgIpc) is 2.85. The maximum Gasteiger partial charge on any atom is 0.419 e. The van der Waals surface area contributed by atoms with Crippen molar-refractivity contribution in [3.63, 3.8) is 0 Å². The maximum atomic E-state index is 12.5. The molecular formula is C18H20N4O2. The molecule has 3 rings (SSSR count). The van der Waals surface area contributed by atoms with Crippen molar-refractivity contribution in [1.29, 1.82) is 0 Å². The lowest BCUT2D eigenvalue weighted by Gasteiger charge is -2.19. The summed E-state index contributed by atoms with van der Waals surface area (Å²) in [4.78, 5) is 16.6. The number of pyridine rings is 1. The molecule has 2 heterocycles. The second-order valence-electron chi connectivity index (χ2n) is 6.58. The Hall–Kier alpha value is -3.02. The Morgan fingerprint density at radius 2 is 1.79 bits per heavy atom. The van der Waals surface area contributed by atoms with Crippen LogP contribution in [0.4, 0.5) is 16.4 Å². The van der Waals surface area contributed by atoms with Crippen LogP contribution in [0, 0.1) is 0 Å². The number of rotatable bonds is 1. The molecule has 0 unspecified atom stereocenters. The first kappa shape index (κ1) is 15.9. The average molecular weight is 324 g/mol. The number of nitrogens with two attached hydrogens (primary N) is 2. The number of hydrogen-bond donors (Lipinski definition) is 2. The predicted molar refractivity (Wildman–Crippen MR) is 95.6 cm³/mol. The highest BCUT2D eigenvalue weighted by Crippen LogP contribution is 2.34. The lowest BCUT2D eigenvalue weighted by atomic mass is 10.1. The summed E-state index contributed by atoms with van der Waals surface area (Å²) < 4.78 is 6.98. The van der Waals surface area contributed by atoms with Crippen molar-refractivity contribution in [2.75, 3.05) is 11.5 Å². The van der Waals surface area contributed by atoms with E-state index in [4.69, 9.17) is 16.2 Å². The summed E-state index contributed by atoms with van der Waals surface area (Å²) >= 11 is 0. The van der Waals surface area contributed by atoms with Crippen molar-refractivity contribution in [3.05, 3.63) is 42.6 Å². The molecule has 0 aliphatic rings. The third-order valence-corrected chi connectivity index (χ3v) is 3.54. The molecule has 0 aliphatic heterocycles. The van der Waals surface area contributed by atoms with Gasteiger partial charge in [-0.1, -0.05) is 18.2 Å². The number of ether oxygens (including phenoxy) is 1. The molecule has 3 aromatic rings. The van der Waals surface area contributed by atoms with Gasteiger partial charge in [-0.3, -0.25) is 4.57 Å². The lowest BCUT2D eigenvalue weighted by molar-refractivity contribution is 0.0544. The minimum atomic E-state index is -0.579. The second kappa shape index (κ2) is 5.56. The number of nitrogens with zero attached hydrogens (tertiary/aromatic N) is 2. The number of nitrogen functional groups attached to an aromatic ring is 2. The highest BCUT2D eigenvalue weighted by molar-refractivity contribution is 6.02. The van der Waals surface area contributed by atoms with Gasteiger partial charge in [0.2, 0.25) is 0 Å². The summed E-state index contributed by atoms with van der Waals surface area (Å²) in [6.07, 6.45) is 1.29. The van der Waals surface area contributed by atoms with E-state index in [1.165, 1.54) is 4.57 Å². The fraction of sp³-hybridized carbons (Fsp3) is 0.222. The summed E-state index contributed by atoms with van der Waals surface area (Å²) in [5.41, 5.74) is 13.4. The first-order valence-electron chi connectivity index (χ1n) is 7.62. The van der Waals surface area contributed by atoms with Gasteiger partial charge in [0.25, 0.3) is 0 Å². The van der Waals surface area contributed by atoms with Crippen LogP contribution in [0.3, 0.4) is 0 Å². The SMILES string of the molecule is CC(C)(C)OC(=O)n1cc(-c2ccc(N)nc2N)c2ccccc21. The molecule has 0 amide bonds. The zero-order valence-corrected chi connectivity index (χ0v) is 13.9. The van der Waals surface area contributed by atoms with Gasteiger partial charge in [-0.05, 0) is 39.0 Å². The highest BCUT2D eigenvalue weighted by Gasteiger charge is 2.21. The quantitative estimate of drug-likeness (QED) is 0.712. The van der Waals surface area contributed by atoms with E-state index in [0.29, 0.717) is 11.6 Å². The number of fused-ring (bicyclic) bond motifs is 1. The standard InChI is InChI=1S/C18H20N4O2/c1-18(2,3)24-17(23)22-10-13(11-6-4-5-7-14(11)22)12-8-9-15(19)21-16(12)20/h4-10H,1-3H3,(H4,19,20,21). The monoisotopic (exact) mass is 324 g/mol. The molecule has 24 heavy (non-hydrogen) atoms. The van der Waals surface area contributed by atoms with Crippen LogP contribution in [-0.2, 0) is 4.74 Å². The van der Waals surface area contributed by atoms with E-state index in [0.717, 1.165) is 22.0 Å². The largest absolute Gasteiger partial charge is 0.443 e. The minimum Gasteiger partial charge on any atom is -0.443 e. The van der Waals surface area contributed by atoms with Crippen molar-refractivity contribution < 1.29 is 9.53 Å². The summed E-state index contributed by atoms with van der Waals surface area (Å²) in [5.74, 6) is 0.675. The Morgan fingerprint density at radius 1 is 1.08 bits per heavy atom. The van der Waals surface area contributed by atoms with Crippen molar-refractivity contribution in [2.45, 2.75) is 26.4 Å². The molecule has 0 fully saturated rings. The number of para-hydroxylation sites is 1. The first-order valence-corrected chi connectivity index (χ1v) is 7.62. The second-order valence-corrected chi connectivity index (χ2v) is 6.58. The van der Waals surface area contributed by atoms with Crippen molar-refractivity contribution in [3.8, 4) is 11.1 Å². The number of anilines is 2. The Labute approximate surface area is 140 Å². The first-order chi connectivity index (χ1) is 11.3. The molecule has 4 N–H and O–H groups in total. The van der Waals surface area contributed by atoms with Crippen LogP contribution in [0.2, 0.25) is 0 Å². The molecule has 0 aliphatic carbocycles. The number of hydrogen-bond acceptors (Lipinski definition) is 5. The summed E-state index contributed by atoms with van der Waals surface area (Å²) in [5, 5.41) is 0.890. The van der Waals surface area contributed by atoms with Gasteiger partial charge < -0.3 is 16.2 Å². The number of carbonyl (C=O) groups is 1. The van der Waals surface area contributed by atoms with Gasteiger partial charge in [0.05, 0.1) is 5.52 Å². The van der Waals surface area contributed by atoms with Crippen LogP contribution in [0.1, 0.15) is 20.8 Å². The number of carbonyl (C=O) groups excluding carboxylic acids is 1. The molecule has 0 saturated carbocycles. The molecule has 6 nitrogen and oxygen atoms in total. The van der Waals surface area contributed by atoms with Crippen LogP contribution in [0.5, 0.6) is 0 Å².